The number of rotatable bonds is 6. The van der Waals surface area contributed by atoms with Gasteiger partial charge in [-0.05, 0) is 29.8 Å². The summed E-state index contributed by atoms with van der Waals surface area (Å²) < 4.78 is 18.7. The van der Waals surface area contributed by atoms with Gasteiger partial charge in [0.25, 0.3) is 0 Å². The highest BCUT2D eigenvalue weighted by Crippen LogP contribution is 2.38. The predicted molar refractivity (Wildman–Crippen MR) is 122 cm³/mol. The Morgan fingerprint density at radius 2 is 2.09 bits per heavy atom. The molecule has 1 amide bonds. The van der Waals surface area contributed by atoms with Crippen LogP contribution in [-0.2, 0) is 11.8 Å². The minimum absolute atomic E-state index is 0.285. The van der Waals surface area contributed by atoms with E-state index >= 15 is 0 Å². The van der Waals surface area contributed by atoms with Crippen molar-refractivity contribution in [3.05, 3.63) is 76.8 Å². The van der Waals surface area contributed by atoms with Crippen molar-refractivity contribution < 1.29 is 19.0 Å². The number of carbonyl (C=O) groups excluding carboxylic acids is 1. The largest absolute Gasteiger partial charge is 0.496 e. The number of aryl methyl sites for hydroxylation is 1. The van der Waals surface area contributed by atoms with E-state index in [1.54, 1.807) is 25.4 Å². The molecule has 0 aliphatic carbocycles. The number of ether oxygens (including phenoxy) is 3. The van der Waals surface area contributed by atoms with E-state index in [0.29, 0.717) is 41.3 Å². The predicted octanol–water partition coefficient (Wildman–Crippen LogP) is 4.16. The third-order valence-corrected chi connectivity index (χ3v) is 5.39. The average molecular weight is 454 g/mol. The van der Waals surface area contributed by atoms with Gasteiger partial charge < -0.3 is 24.1 Å². The van der Waals surface area contributed by atoms with E-state index < -0.39 is 6.04 Å². The molecule has 1 aliphatic rings. The number of methoxy groups -OCH3 is 1. The number of hydrogen-bond acceptors (Lipinski definition) is 5. The third kappa shape index (κ3) is 4.73. The number of nitrogens with zero attached hydrogens (tertiary/aromatic N) is 2. The Bertz CT molecular complexity index is 1140. The van der Waals surface area contributed by atoms with Crippen molar-refractivity contribution in [2.24, 2.45) is 7.05 Å². The molecule has 1 unspecified atom stereocenters. The van der Waals surface area contributed by atoms with E-state index in [4.69, 9.17) is 25.8 Å². The SMILES string of the molecule is COc1ccccc1C(NC(=O)/C=C/c1cc(Cl)c2c(c1)OCCCO2)c1nccn1C. The van der Waals surface area contributed by atoms with Gasteiger partial charge in [0.2, 0.25) is 5.91 Å². The van der Waals surface area contributed by atoms with Gasteiger partial charge in [-0.15, -0.1) is 0 Å². The van der Waals surface area contributed by atoms with E-state index in [9.17, 15) is 4.79 Å². The van der Waals surface area contributed by atoms with Crippen LogP contribution < -0.4 is 19.5 Å². The van der Waals surface area contributed by atoms with E-state index in [1.165, 1.54) is 6.08 Å². The van der Waals surface area contributed by atoms with Crippen LogP contribution in [0, 0.1) is 0 Å². The Balaban J connectivity index is 1.58. The maximum Gasteiger partial charge on any atom is 0.244 e. The molecule has 8 heteroatoms. The number of imidazole rings is 1. The minimum Gasteiger partial charge on any atom is -0.496 e. The van der Waals surface area contributed by atoms with Gasteiger partial charge in [0.1, 0.15) is 17.6 Å². The zero-order valence-corrected chi connectivity index (χ0v) is 18.6. The number of hydrogen-bond donors (Lipinski definition) is 1. The summed E-state index contributed by atoms with van der Waals surface area (Å²) >= 11 is 6.35. The van der Waals surface area contributed by atoms with Crippen molar-refractivity contribution >= 4 is 23.6 Å². The molecule has 1 N–H and O–H groups in total. The summed E-state index contributed by atoms with van der Waals surface area (Å²) in [5.74, 6) is 2.19. The molecule has 2 heterocycles. The van der Waals surface area contributed by atoms with Crippen molar-refractivity contribution in [3.8, 4) is 17.2 Å². The monoisotopic (exact) mass is 453 g/mol. The van der Waals surface area contributed by atoms with Crippen LogP contribution >= 0.6 is 11.6 Å². The Morgan fingerprint density at radius 1 is 1.28 bits per heavy atom. The quantitative estimate of drug-likeness (QED) is 0.567. The maximum atomic E-state index is 12.9. The Labute approximate surface area is 191 Å². The van der Waals surface area contributed by atoms with E-state index in [2.05, 4.69) is 10.3 Å². The lowest BCUT2D eigenvalue weighted by Gasteiger charge is -2.20. The Hall–Kier alpha value is -3.45. The van der Waals surface area contributed by atoms with Crippen LogP contribution in [0.25, 0.3) is 6.08 Å². The van der Waals surface area contributed by atoms with Gasteiger partial charge >= 0.3 is 0 Å². The standard InChI is InChI=1S/C24H24ClN3O4/c1-28-11-10-26-24(28)22(17-6-3-4-7-19(17)30-2)27-21(29)9-8-16-14-18(25)23-20(15-16)31-12-5-13-32-23/h3-4,6-11,14-15,22H,5,12-13H2,1-2H3,(H,27,29)/b9-8+. The highest BCUT2D eigenvalue weighted by atomic mass is 35.5. The van der Waals surface area contributed by atoms with Crippen LogP contribution in [0.1, 0.15) is 29.4 Å². The number of fused-ring (bicyclic) bond motifs is 1. The number of halogens is 1. The van der Waals surface area contributed by atoms with Crippen molar-refractivity contribution in [2.75, 3.05) is 20.3 Å². The van der Waals surface area contributed by atoms with Crippen molar-refractivity contribution in [3.63, 3.8) is 0 Å². The van der Waals surface area contributed by atoms with Gasteiger partial charge in [-0.2, -0.15) is 0 Å². The fraction of sp³-hybridized carbons (Fsp3) is 0.250. The summed E-state index contributed by atoms with van der Waals surface area (Å²) in [6.45, 7) is 1.11. The van der Waals surface area contributed by atoms with Crippen LogP contribution in [0.2, 0.25) is 5.02 Å². The first kappa shape index (κ1) is 21.8. The minimum atomic E-state index is -0.490. The van der Waals surface area contributed by atoms with Crippen LogP contribution in [0.4, 0.5) is 0 Å². The molecule has 4 rings (SSSR count). The molecule has 166 valence electrons. The molecule has 2 aromatic carbocycles. The summed E-state index contributed by atoms with van der Waals surface area (Å²) in [5, 5.41) is 3.48. The molecule has 32 heavy (non-hydrogen) atoms. The van der Waals surface area contributed by atoms with Crippen LogP contribution in [0.5, 0.6) is 17.2 Å². The first-order chi connectivity index (χ1) is 15.6. The molecule has 0 radical (unpaired) electrons. The molecule has 1 aliphatic heterocycles. The topological polar surface area (TPSA) is 74.6 Å². The Morgan fingerprint density at radius 3 is 2.88 bits per heavy atom. The van der Waals surface area contributed by atoms with Gasteiger partial charge in [-0.25, -0.2) is 4.98 Å². The zero-order valence-electron chi connectivity index (χ0n) is 17.9. The lowest BCUT2D eigenvalue weighted by molar-refractivity contribution is -0.117. The van der Waals surface area contributed by atoms with Gasteiger partial charge in [-0.1, -0.05) is 29.8 Å². The number of benzene rings is 2. The summed E-state index contributed by atoms with van der Waals surface area (Å²) in [5.41, 5.74) is 1.55. The molecule has 0 saturated carbocycles. The van der Waals surface area contributed by atoms with Crippen LogP contribution in [0.3, 0.4) is 0 Å². The number of aromatic nitrogens is 2. The van der Waals surface area contributed by atoms with Crippen molar-refractivity contribution in [1.29, 1.82) is 0 Å². The molecular formula is C24H24ClN3O4. The van der Waals surface area contributed by atoms with Gasteiger partial charge in [0.05, 0.1) is 25.3 Å². The highest BCUT2D eigenvalue weighted by Gasteiger charge is 2.23. The second kappa shape index (κ2) is 9.78. The van der Waals surface area contributed by atoms with Gasteiger partial charge in [-0.3, -0.25) is 4.79 Å². The van der Waals surface area contributed by atoms with Gasteiger partial charge in [0, 0.05) is 37.5 Å². The number of nitrogens with one attached hydrogen (secondary N) is 1. The fourth-order valence-electron chi connectivity index (χ4n) is 3.55. The second-order valence-electron chi connectivity index (χ2n) is 7.29. The normalized spacial score (nSPS) is 14.1. The first-order valence-corrected chi connectivity index (χ1v) is 10.6. The number of carbonyl (C=O) groups is 1. The zero-order chi connectivity index (χ0) is 22.5. The van der Waals surface area contributed by atoms with Gasteiger partial charge in [0.15, 0.2) is 11.5 Å². The first-order valence-electron chi connectivity index (χ1n) is 10.2. The van der Waals surface area contributed by atoms with Crippen LogP contribution in [0.15, 0.2) is 54.9 Å². The molecule has 3 aromatic rings. The summed E-state index contributed by atoms with van der Waals surface area (Å²) in [7, 11) is 3.48. The number of amides is 1. The second-order valence-corrected chi connectivity index (χ2v) is 7.70. The molecule has 0 spiro atoms. The molecule has 0 bridgehead atoms. The van der Waals surface area contributed by atoms with E-state index in [-0.39, 0.29) is 5.91 Å². The summed E-state index contributed by atoms with van der Waals surface area (Å²) in [6, 6.07) is 10.6. The fourth-order valence-corrected chi connectivity index (χ4v) is 3.82. The van der Waals surface area contributed by atoms with E-state index in [1.807, 2.05) is 48.1 Å². The summed E-state index contributed by atoms with van der Waals surface area (Å²) in [4.78, 5) is 17.3. The third-order valence-electron chi connectivity index (χ3n) is 5.10. The van der Waals surface area contributed by atoms with Crippen molar-refractivity contribution in [1.82, 2.24) is 14.9 Å². The maximum absolute atomic E-state index is 12.9. The molecule has 1 aromatic heterocycles. The van der Waals surface area contributed by atoms with Crippen LogP contribution in [-0.4, -0.2) is 35.8 Å². The lowest BCUT2D eigenvalue weighted by atomic mass is 10.0. The average Bonchev–Trinajstić information content (AvgIpc) is 3.07. The molecule has 1 atom stereocenters. The van der Waals surface area contributed by atoms with Crippen molar-refractivity contribution in [2.45, 2.75) is 12.5 Å². The highest BCUT2D eigenvalue weighted by molar-refractivity contribution is 6.32. The molecule has 7 nitrogen and oxygen atoms in total. The number of para-hydroxylation sites is 1. The Kier molecular flexibility index (Phi) is 6.66. The van der Waals surface area contributed by atoms with E-state index in [0.717, 1.165) is 17.5 Å². The smallest absolute Gasteiger partial charge is 0.244 e. The summed E-state index contributed by atoms with van der Waals surface area (Å²) in [6.07, 6.45) is 7.46. The lowest BCUT2D eigenvalue weighted by Crippen LogP contribution is -2.30. The molecule has 0 fully saturated rings. The molecule has 0 saturated heterocycles. The molecular weight excluding hydrogens is 430 g/mol.